The molecule has 2 amide bonds. The second-order valence-electron chi connectivity index (χ2n) is 7.16. The summed E-state index contributed by atoms with van der Waals surface area (Å²) in [5.41, 5.74) is 2.78. The Morgan fingerprint density at radius 3 is 2.61 bits per heavy atom. The van der Waals surface area contributed by atoms with Crippen molar-refractivity contribution >= 4 is 11.8 Å². The highest BCUT2D eigenvalue weighted by molar-refractivity contribution is 5.87. The van der Waals surface area contributed by atoms with E-state index < -0.39 is 0 Å². The Morgan fingerprint density at radius 1 is 1.21 bits per heavy atom. The van der Waals surface area contributed by atoms with E-state index in [0.29, 0.717) is 6.54 Å². The van der Waals surface area contributed by atoms with Crippen molar-refractivity contribution in [1.82, 2.24) is 14.8 Å². The van der Waals surface area contributed by atoms with Gasteiger partial charge in [0, 0.05) is 42.9 Å². The molecular formula is C22H21N3O3. The van der Waals surface area contributed by atoms with Crippen LogP contribution in [0.2, 0.25) is 0 Å². The van der Waals surface area contributed by atoms with Gasteiger partial charge in [0.25, 0.3) is 0 Å². The van der Waals surface area contributed by atoms with Gasteiger partial charge in [-0.05, 0) is 29.8 Å². The number of aliphatic hydroxyl groups excluding tert-OH is 1. The van der Waals surface area contributed by atoms with Crippen LogP contribution in [0.3, 0.4) is 0 Å². The van der Waals surface area contributed by atoms with Crippen LogP contribution in [0.15, 0.2) is 48.8 Å². The number of aliphatic hydroxyl groups is 1. The minimum atomic E-state index is -0.237. The summed E-state index contributed by atoms with van der Waals surface area (Å²) in [6, 6.07) is 11.3. The molecule has 3 heterocycles. The molecule has 1 aromatic carbocycles. The van der Waals surface area contributed by atoms with Crippen LogP contribution in [-0.4, -0.2) is 63.5 Å². The number of hydrogen-bond acceptors (Lipinski definition) is 4. The van der Waals surface area contributed by atoms with Gasteiger partial charge in [0.2, 0.25) is 11.8 Å². The van der Waals surface area contributed by atoms with Crippen LogP contribution in [0.25, 0.3) is 0 Å². The molecule has 4 rings (SSSR count). The van der Waals surface area contributed by atoms with E-state index in [1.165, 1.54) is 6.92 Å². The van der Waals surface area contributed by atoms with Crippen molar-refractivity contribution in [3.8, 4) is 11.8 Å². The fourth-order valence-electron chi connectivity index (χ4n) is 4.11. The summed E-state index contributed by atoms with van der Waals surface area (Å²) < 4.78 is 0. The Morgan fingerprint density at radius 2 is 1.96 bits per heavy atom. The maximum atomic E-state index is 12.4. The molecule has 3 atom stereocenters. The highest BCUT2D eigenvalue weighted by Gasteiger charge is 2.54. The number of aromatic nitrogens is 1. The van der Waals surface area contributed by atoms with E-state index in [9.17, 15) is 14.7 Å². The maximum Gasteiger partial charge on any atom is 0.242 e. The number of piperazine rings is 1. The van der Waals surface area contributed by atoms with E-state index in [0.717, 1.165) is 16.7 Å². The Balaban J connectivity index is 1.54. The number of nitrogens with zero attached hydrogens (tertiary/aromatic N) is 3. The highest BCUT2D eigenvalue weighted by atomic mass is 16.3. The lowest BCUT2D eigenvalue weighted by Gasteiger charge is -2.58. The average Bonchev–Trinajstić information content (AvgIpc) is 2.69. The first-order valence-corrected chi connectivity index (χ1v) is 9.28. The van der Waals surface area contributed by atoms with Crippen LogP contribution in [0.5, 0.6) is 0 Å². The number of fused-ring (bicyclic) bond motifs is 1. The van der Waals surface area contributed by atoms with Gasteiger partial charge in [-0.25, -0.2) is 0 Å². The molecule has 6 heteroatoms. The number of hydrogen-bond donors (Lipinski definition) is 1. The third-order valence-corrected chi connectivity index (χ3v) is 5.51. The molecule has 0 aliphatic carbocycles. The molecule has 142 valence electrons. The summed E-state index contributed by atoms with van der Waals surface area (Å²) in [6.07, 6.45) is 3.43. The largest absolute Gasteiger partial charge is 0.394 e. The maximum absolute atomic E-state index is 12.4. The van der Waals surface area contributed by atoms with Gasteiger partial charge in [-0.3, -0.25) is 14.6 Å². The smallest absolute Gasteiger partial charge is 0.242 e. The molecule has 0 bridgehead atoms. The van der Waals surface area contributed by atoms with Crippen molar-refractivity contribution in [3.63, 3.8) is 0 Å². The molecule has 2 aliphatic rings. The summed E-state index contributed by atoms with van der Waals surface area (Å²) in [5, 5.41) is 9.81. The molecule has 0 spiro atoms. The molecule has 1 aromatic heterocycles. The zero-order valence-electron chi connectivity index (χ0n) is 15.6. The van der Waals surface area contributed by atoms with Crippen molar-refractivity contribution < 1.29 is 14.7 Å². The lowest BCUT2D eigenvalue weighted by molar-refractivity contribution is -0.166. The molecule has 2 saturated heterocycles. The van der Waals surface area contributed by atoms with Gasteiger partial charge >= 0.3 is 0 Å². The molecule has 28 heavy (non-hydrogen) atoms. The van der Waals surface area contributed by atoms with Gasteiger partial charge in [-0.1, -0.05) is 24.0 Å². The van der Waals surface area contributed by atoms with Crippen LogP contribution in [-0.2, 0) is 9.59 Å². The van der Waals surface area contributed by atoms with Crippen LogP contribution < -0.4 is 0 Å². The molecule has 0 saturated carbocycles. The molecule has 2 aromatic rings. The van der Waals surface area contributed by atoms with Crippen LogP contribution in [0.1, 0.15) is 29.5 Å². The van der Waals surface area contributed by atoms with Gasteiger partial charge in [-0.15, -0.1) is 0 Å². The molecule has 0 radical (unpaired) electrons. The predicted octanol–water partition coefficient (Wildman–Crippen LogP) is 0.999. The Bertz CT molecular complexity index is 946. The number of carbonyl (C=O) groups is 2. The van der Waals surface area contributed by atoms with Gasteiger partial charge in [0.15, 0.2) is 0 Å². The zero-order chi connectivity index (χ0) is 19.7. The number of rotatable bonds is 2. The monoisotopic (exact) mass is 375 g/mol. The first-order valence-electron chi connectivity index (χ1n) is 9.28. The second-order valence-corrected chi connectivity index (χ2v) is 7.16. The van der Waals surface area contributed by atoms with Gasteiger partial charge < -0.3 is 14.9 Å². The Kier molecular flexibility index (Phi) is 4.84. The highest BCUT2D eigenvalue weighted by Crippen LogP contribution is 2.42. The van der Waals surface area contributed by atoms with Gasteiger partial charge in [-0.2, -0.15) is 0 Å². The number of amides is 2. The number of benzene rings is 1. The zero-order valence-corrected chi connectivity index (χ0v) is 15.6. The summed E-state index contributed by atoms with van der Waals surface area (Å²) in [4.78, 5) is 31.5. The third kappa shape index (κ3) is 3.25. The van der Waals surface area contributed by atoms with Crippen LogP contribution >= 0.6 is 0 Å². The second kappa shape index (κ2) is 7.45. The lowest BCUT2D eigenvalue weighted by atomic mass is 9.73. The normalized spacial score (nSPS) is 23.4. The minimum absolute atomic E-state index is 0.0106. The minimum Gasteiger partial charge on any atom is -0.394 e. The standard InChI is InChI=1S/C22H21N3O3/c1-15(27)24-12-19-22(20(14-26)25(19)21(28)13-24)18-8-6-16(7-9-18)4-5-17-3-2-10-23-11-17/h2-3,6-11,19-20,22,26H,12-14H2,1H3/t19-,20+,22-/m0/s1. The van der Waals surface area contributed by atoms with Crippen LogP contribution in [0, 0.1) is 11.8 Å². The van der Waals surface area contributed by atoms with Crippen molar-refractivity contribution in [3.05, 3.63) is 65.5 Å². The van der Waals surface area contributed by atoms with Gasteiger partial charge in [0.1, 0.15) is 0 Å². The fraction of sp³-hybridized carbons (Fsp3) is 0.318. The summed E-state index contributed by atoms with van der Waals surface area (Å²) in [7, 11) is 0. The Hall–Kier alpha value is -3.17. The van der Waals surface area contributed by atoms with E-state index in [1.807, 2.05) is 36.4 Å². The summed E-state index contributed by atoms with van der Waals surface area (Å²) >= 11 is 0. The third-order valence-electron chi connectivity index (χ3n) is 5.51. The molecular weight excluding hydrogens is 354 g/mol. The first-order chi connectivity index (χ1) is 13.6. The number of pyridine rings is 1. The van der Waals surface area contributed by atoms with E-state index in [-0.39, 0.29) is 43.0 Å². The van der Waals surface area contributed by atoms with Crippen LogP contribution in [0.4, 0.5) is 0 Å². The average molecular weight is 375 g/mol. The first kappa shape index (κ1) is 18.2. The summed E-state index contributed by atoms with van der Waals surface area (Å²) in [5.74, 6) is 6.01. The van der Waals surface area contributed by atoms with E-state index >= 15 is 0 Å². The van der Waals surface area contributed by atoms with Gasteiger partial charge in [0.05, 0.1) is 25.2 Å². The molecule has 2 aliphatic heterocycles. The van der Waals surface area contributed by atoms with E-state index in [2.05, 4.69) is 16.8 Å². The lowest BCUT2D eigenvalue weighted by Crippen LogP contribution is -2.73. The molecule has 0 unspecified atom stereocenters. The fourth-order valence-corrected chi connectivity index (χ4v) is 4.11. The topological polar surface area (TPSA) is 73.7 Å². The van der Waals surface area contributed by atoms with E-state index in [4.69, 9.17) is 0 Å². The summed E-state index contributed by atoms with van der Waals surface area (Å²) in [6.45, 7) is 1.99. The number of carbonyl (C=O) groups excluding carboxylic acids is 2. The predicted molar refractivity (Wildman–Crippen MR) is 103 cm³/mol. The van der Waals surface area contributed by atoms with Crippen molar-refractivity contribution in [1.29, 1.82) is 0 Å². The van der Waals surface area contributed by atoms with Crippen molar-refractivity contribution in [2.75, 3.05) is 19.7 Å². The quantitative estimate of drug-likeness (QED) is 0.795. The van der Waals surface area contributed by atoms with Crippen molar-refractivity contribution in [2.24, 2.45) is 0 Å². The molecule has 2 fully saturated rings. The Labute approximate surface area is 163 Å². The SMILES string of the molecule is CC(=O)N1CC(=O)N2[C@H](CO)[C@@H](c3ccc(C#Cc4cccnc4)cc3)[C@@H]2C1. The molecule has 6 nitrogen and oxygen atoms in total. The molecule has 1 N–H and O–H groups in total. The van der Waals surface area contributed by atoms with E-state index in [1.54, 1.807) is 22.2 Å². The van der Waals surface area contributed by atoms with Crippen molar-refractivity contribution in [2.45, 2.75) is 24.9 Å².